The molecule has 1 aromatic carbocycles. The van der Waals surface area contributed by atoms with Gasteiger partial charge in [0, 0.05) is 48.7 Å². The first kappa shape index (κ1) is 18.2. The number of likely N-dealkylation sites (tertiary alicyclic amines) is 1. The number of nitrogens with two attached hydrogens (primary N) is 1. The Labute approximate surface area is 164 Å². The predicted molar refractivity (Wildman–Crippen MR) is 107 cm³/mol. The fourth-order valence-electron chi connectivity index (χ4n) is 3.76. The summed E-state index contributed by atoms with van der Waals surface area (Å²) in [5, 5.41) is 4.27. The van der Waals surface area contributed by atoms with Crippen LogP contribution in [0.3, 0.4) is 0 Å². The molecule has 0 spiro atoms. The van der Waals surface area contributed by atoms with Crippen molar-refractivity contribution in [1.82, 2.24) is 24.6 Å². The van der Waals surface area contributed by atoms with Crippen LogP contribution in [0.25, 0.3) is 11.3 Å². The van der Waals surface area contributed by atoms with Crippen LogP contribution in [0.5, 0.6) is 0 Å². The zero-order valence-corrected chi connectivity index (χ0v) is 15.7. The van der Waals surface area contributed by atoms with E-state index in [1.54, 1.807) is 12.3 Å². The number of benzene rings is 1. The van der Waals surface area contributed by atoms with E-state index in [1.165, 1.54) is 12.7 Å². The second kappa shape index (κ2) is 8.21. The monoisotopic (exact) mass is 376 g/mol. The molecule has 1 atom stereocenters. The molecule has 1 aliphatic heterocycles. The fraction of sp³-hybridized carbons (Fsp3) is 0.333. The lowest BCUT2D eigenvalue weighted by Gasteiger charge is -2.36. The van der Waals surface area contributed by atoms with Gasteiger partial charge in [-0.2, -0.15) is 5.10 Å². The van der Waals surface area contributed by atoms with Crippen molar-refractivity contribution in [1.29, 1.82) is 0 Å². The van der Waals surface area contributed by atoms with E-state index < -0.39 is 0 Å². The molecule has 144 valence electrons. The third-order valence-corrected chi connectivity index (χ3v) is 5.25. The van der Waals surface area contributed by atoms with Crippen LogP contribution in [0, 0.1) is 0 Å². The fourth-order valence-corrected chi connectivity index (χ4v) is 3.76. The van der Waals surface area contributed by atoms with Crippen LogP contribution in [0.4, 0.5) is 5.82 Å². The van der Waals surface area contributed by atoms with Gasteiger partial charge < -0.3 is 10.6 Å². The van der Waals surface area contributed by atoms with Crippen LogP contribution in [-0.2, 0) is 6.54 Å². The summed E-state index contributed by atoms with van der Waals surface area (Å²) in [6.07, 6.45) is 9.40. The van der Waals surface area contributed by atoms with Crippen molar-refractivity contribution in [2.24, 2.45) is 0 Å². The summed E-state index contributed by atoms with van der Waals surface area (Å²) in [5.74, 6) is 0.525. The summed E-state index contributed by atoms with van der Waals surface area (Å²) in [6, 6.07) is 11.5. The van der Waals surface area contributed by atoms with Crippen molar-refractivity contribution in [2.75, 3.05) is 12.3 Å². The number of hydrogen-bond donors (Lipinski definition) is 1. The van der Waals surface area contributed by atoms with E-state index in [9.17, 15) is 4.79 Å². The first-order valence-corrected chi connectivity index (χ1v) is 9.67. The Hall–Kier alpha value is -3.22. The van der Waals surface area contributed by atoms with Gasteiger partial charge in [-0.25, -0.2) is 9.97 Å². The highest BCUT2D eigenvalue weighted by Crippen LogP contribution is 2.24. The minimum Gasteiger partial charge on any atom is -0.384 e. The van der Waals surface area contributed by atoms with E-state index in [4.69, 9.17) is 5.73 Å². The molecule has 0 bridgehead atoms. The number of carbonyl (C=O) groups excluding carboxylic acids is 1. The van der Waals surface area contributed by atoms with Crippen molar-refractivity contribution in [3.8, 4) is 11.3 Å². The number of nitrogens with zero attached hydrogens (tertiary/aromatic N) is 5. The molecule has 3 heterocycles. The van der Waals surface area contributed by atoms with Gasteiger partial charge in [-0.05, 0) is 43.9 Å². The number of anilines is 1. The zero-order valence-electron chi connectivity index (χ0n) is 15.7. The Balaban J connectivity index is 1.47. The molecular weight excluding hydrogens is 352 g/mol. The average molecular weight is 376 g/mol. The third kappa shape index (κ3) is 4.03. The average Bonchev–Trinajstić information content (AvgIpc) is 3.26. The molecule has 0 unspecified atom stereocenters. The third-order valence-electron chi connectivity index (χ3n) is 5.25. The Morgan fingerprint density at radius 1 is 1.18 bits per heavy atom. The number of nitrogen functional groups attached to an aromatic ring is 1. The topological polar surface area (TPSA) is 89.9 Å². The number of carbonyl (C=O) groups is 1. The molecule has 28 heavy (non-hydrogen) atoms. The normalized spacial score (nSPS) is 16.9. The van der Waals surface area contributed by atoms with Crippen molar-refractivity contribution in [2.45, 2.75) is 38.3 Å². The Bertz CT molecular complexity index is 922. The van der Waals surface area contributed by atoms with Crippen molar-refractivity contribution in [3.05, 3.63) is 60.7 Å². The van der Waals surface area contributed by atoms with E-state index in [0.717, 1.165) is 43.6 Å². The maximum atomic E-state index is 13.1. The number of amides is 1. The number of aryl methyl sites for hydroxylation is 1. The second-order valence-electron chi connectivity index (χ2n) is 7.11. The largest absolute Gasteiger partial charge is 0.384 e. The molecule has 1 amide bonds. The highest BCUT2D eigenvalue weighted by atomic mass is 16.2. The van der Waals surface area contributed by atoms with E-state index in [2.05, 4.69) is 15.1 Å². The summed E-state index contributed by atoms with van der Waals surface area (Å²) >= 11 is 0. The lowest BCUT2D eigenvalue weighted by atomic mass is 9.97. The summed E-state index contributed by atoms with van der Waals surface area (Å²) in [5.41, 5.74) is 8.11. The standard InChI is InChI=1S/C21H24N6O/c22-20-14-19(23-15-24-20)16-5-7-17(8-6-16)21(28)27-12-2-1-4-18(27)9-13-26-11-3-10-25-26/h3,5-8,10-11,14-15,18H,1-2,4,9,12-13H2,(H2,22,23,24)/t18-/m1/s1. The highest BCUT2D eigenvalue weighted by Gasteiger charge is 2.27. The maximum Gasteiger partial charge on any atom is 0.254 e. The molecule has 1 saturated heterocycles. The molecule has 0 saturated carbocycles. The molecule has 2 aromatic heterocycles. The Morgan fingerprint density at radius 2 is 2.04 bits per heavy atom. The van der Waals surface area contributed by atoms with Crippen LogP contribution in [0.15, 0.2) is 55.1 Å². The van der Waals surface area contributed by atoms with Crippen molar-refractivity contribution in [3.63, 3.8) is 0 Å². The molecule has 1 fully saturated rings. The number of aromatic nitrogens is 4. The van der Waals surface area contributed by atoms with Crippen LogP contribution < -0.4 is 5.73 Å². The lowest BCUT2D eigenvalue weighted by molar-refractivity contribution is 0.0594. The first-order chi connectivity index (χ1) is 13.7. The number of hydrogen-bond acceptors (Lipinski definition) is 5. The van der Waals surface area contributed by atoms with E-state index in [1.807, 2.05) is 46.1 Å². The minimum absolute atomic E-state index is 0.0962. The predicted octanol–water partition coefficient (Wildman–Crippen LogP) is 3.01. The number of piperidine rings is 1. The van der Waals surface area contributed by atoms with Gasteiger partial charge in [0.2, 0.25) is 0 Å². The summed E-state index contributed by atoms with van der Waals surface area (Å²) < 4.78 is 1.93. The van der Waals surface area contributed by atoms with Gasteiger partial charge in [-0.15, -0.1) is 0 Å². The Kier molecular flexibility index (Phi) is 5.32. The van der Waals surface area contributed by atoms with Crippen LogP contribution >= 0.6 is 0 Å². The summed E-state index contributed by atoms with van der Waals surface area (Å²) in [7, 11) is 0. The molecule has 2 N–H and O–H groups in total. The van der Waals surface area contributed by atoms with E-state index >= 15 is 0 Å². The smallest absolute Gasteiger partial charge is 0.254 e. The van der Waals surface area contributed by atoms with Crippen molar-refractivity contribution >= 4 is 11.7 Å². The van der Waals surface area contributed by atoms with Gasteiger partial charge in [-0.1, -0.05) is 12.1 Å². The molecule has 7 heteroatoms. The quantitative estimate of drug-likeness (QED) is 0.739. The zero-order chi connectivity index (χ0) is 19.3. The van der Waals surface area contributed by atoms with Gasteiger partial charge in [0.15, 0.2) is 0 Å². The van der Waals surface area contributed by atoms with Gasteiger partial charge in [-0.3, -0.25) is 9.48 Å². The second-order valence-corrected chi connectivity index (χ2v) is 7.11. The molecule has 0 radical (unpaired) electrons. The number of rotatable bonds is 5. The summed E-state index contributed by atoms with van der Waals surface area (Å²) in [4.78, 5) is 23.3. The Morgan fingerprint density at radius 3 is 2.79 bits per heavy atom. The van der Waals surface area contributed by atoms with E-state index in [0.29, 0.717) is 11.4 Å². The van der Waals surface area contributed by atoms with E-state index in [-0.39, 0.29) is 11.9 Å². The molecule has 4 rings (SSSR count). The van der Waals surface area contributed by atoms with Crippen molar-refractivity contribution < 1.29 is 4.79 Å². The van der Waals surface area contributed by atoms with Gasteiger partial charge in [0.1, 0.15) is 12.1 Å². The van der Waals surface area contributed by atoms with Gasteiger partial charge in [0.25, 0.3) is 5.91 Å². The molecule has 1 aliphatic rings. The molecule has 3 aromatic rings. The van der Waals surface area contributed by atoms with Crippen LogP contribution in [0.1, 0.15) is 36.0 Å². The SMILES string of the molecule is Nc1cc(-c2ccc(C(=O)N3CCCC[C@@H]3CCn3cccn3)cc2)ncn1. The summed E-state index contributed by atoms with van der Waals surface area (Å²) in [6.45, 7) is 1.64. The van der Waals surface area contributed by atoms with Gasteiger partial charge >= 0.3 is 0 Å². The maximum absolute atomic E-state index is 13.1. The lowest BCUT2D eigenvalue weighted by Crippen LogP contribution is -2.44. The minimum atomic E-state index is 0.0962. The highest BCUT2D eigenvalue weighted by molar-refractivity contribution is 5.95. The van der Waals surface area contributed by atoms with Crippen LogP contribution in [0.2, 0.25) is 0 Å². The molecule has 0 aliphatic carbocycles. The molecule has 7 nitrogen and oxygen atoms in total. The van der Waals surface area contributed by atoms with Crippen LogP contribution in [-0.4, -0.2) is 43.1 Å². The first-order valence-electron chi connectivity index (χ1n) is 9.67. The molecular formula is C21H24N6O. The van der Waals surface area contributed by atoms with Gasteiger partial charge in [0.05, 0.1) is 5.69 Å².